The minimum atomic E-state index is -0.610. The summed E-state index contributed by atoms with van der Waals surface area (Å²) < 4.78 is 3.46. The highest BCUT2D eigenvalue weighted by Gasteiger charge is 2.44. The summed E-state index contributed by atoms with van der Waals surface area (Å²) in [5.74, 6) is 0.552. The third kappa shape index (κ3) is 5.57. The van der Waals surface area contributed by atoms with Gasteiger partial charge in [-0.1, -0.05) is 18.2 Å². The molecule has 0 spiro atoms. The number of carbonyl (C=O) groups excluding carboxylic acids is 1. The van der Waals surface area contributed by atoms with Crippen LogP contribution in [0, 0.1) is 0 Å². The van der Waals surface area contributed by atoms with Crippen molar-refractivity contribution in [3.05, 3.63) is 60.6 Å². The first-order valence-electron chi connectivity index (χ1n) is 14.9. The van der Waals surface area contributed by atoms with Crippen molar-refractivity contribution in [2.24, 2.45) is 0 Å². The van der Waals surface area contributed by atoms with E-state index in [1.54, 1.807) is 27.2 Å². The number of carbonyl (C=O) groups is 1. The van der Waals surface area contributed by atoms with Gasteiger partial charge in [-0.2, -0.15) is 10.1 Å². The van der Waals surface area contributed by atoms with Crippen LogP contribution in [0.1, 0.15) is 24.6 Å². The normalized spacial score (nSPS) is 21.9. The Bertz CT molecular complexity index is 1580. The third-order valence-corrected chi connectivity index (χ3v) is 9.77. The van der Waals surface area contributed by atoms with Crippen LogP contribution in [0.4, 0.5) is 17.3 Å². The molecule has 3 aliphatic rings. The van der Waals surface area contributed by atoms with Crippen molar-refractivity contribution in [2.45, 2.75) is 42.6 Å². The Kier molecular flexibility index (Phi) is 7.72. The molecular weight excluding hydrogens is 564 g/mol. The molecular formula is C30H38N10O2S. The van der Waals surface area contributed by atoms with Crippen LogP contribution < -0.4 is 10.2 Å². The number of nitrogens with zero attached hydrogens (tertiary/aromatic N) is 9. The Labute approximate surface area is 255 Å². The lowest BCUT2D eigenvalue weighted by Gasteiger charge is -2.44. The van der Waals surface area contributed by atoms with Gasteiger partial charge in [0, 0.05) is 74.2 Å². The first-order valence-corrected chi connectivity index (χ1v) is 16.1. The largest absolute Gasteiger partial charge is 0.374 e. The molecule has 3 aromatic heterocycles. The molecule has 0 saturated carbocycles. The van der Waals surface area contributed by atoms with E-state index in [9.17, 15) is 9.90 Å². The summed E-state index contributed by atoms with van der Waals surface area (Å²) in [5.41, 5.74) is 3.54. The predicted molar refractivity (Wildman–Crippen MR) is 167 cm³/mol. The number of fused-ring (bicyclic) bond motifs is 3. The van der Waals surface area contributed by atoms with Crippen molar-refractivity contribution in [3.8, 4) is 0 Å². The van der Waals surface area contributed by atoms with E-state index in [0.717, 1.165) is 79.6 Å². The number of nitrogens with one attached hydrogen (secondary N) is 1. The minimum Gasteiger partial charge on any atom is -0.374 e. The fourth-order valence-corrected chi connectivity index (χ4v) is 7.33. The zero-order valence-corrected chi connectivity index (χ0v) is 25.4. The first kappa shape index (κ1) is 28.1. The number of aliphatic hydroxyl groups is 1. The number of likely N-dealkylation sites (N-methyl/N-ethyl adjacent to an activating group) is 1. The number of pyridine rings is 1. The van der Waals surface area contributed by atoms with Crippen molar-refractivity contribution in [1.82, 2.24) is 39.1 Å². The van der Waals surface area contributed by atoms with E-state index < -0.39 is 6.23 Å². The number of hydrogen-bond acceptors (Lipinski definition) is 10. The highest BCUT2D eigenvalue weighted by Crippen LogP contribution is 2.40. The van der Waals surface area contributed by atoms with Crippen LogP contribution in [0.5, 0.6) is 0 Å². The molecule has 13 heteroatoms. The maximum absolute atomic E-state index is 12.7. The molecule has 3 fully saturated rings. The second-order valence-corrected chi connectivity index (χ2v) is 12.5. The second kappa shape index (κ2) is 11.8. The third-order valence-electron chi connectivity index (χ3n) is 8.96. The molecule has 4 aromatic rings. The predicted octanol–water partition coefficient (Wildman–Crippen LogP) is 2.51. The van der Waals surface area contributed by atoms with Gasteiger partial charge in [-0.3, -0.25) is 14.4 Å². The van der Waals surface area contributed by atoms with Crippen LogP contribution in [0.2, 0.25) is 0 Å². The highest BCUT2D eigenvalue weighted by atomic mass is 32.2. The first-order chi connectivity index (χ1) is 21.0. The van der Waals surface area contributed by atoms with Gasteiger partial charge >= 0.3 is 0 Å². The Morgan fingerprint density at radius 3 is 2.63 bits per heavy atom. The number of rotatable bonds is 8. The van der Waals surface area contributed by atoms with Gasteiger partial charge in [0.05, 0.1) is 17.6 Å². The molecule has 1 amide bonds. The Hall–Kier alpha value is -3.65. The monoisotopic (exact) mass is 602 g/mol. The summed E-state index contributed by atoms with van der Waals surface area (Å²) in [7, 11) is 2.08. The lowest BCUT2D eigenvalue weighted by molar-refractivity contribution is -0.133. The quantitative estimate of drug-likeness (QED) is 0.292. The van der Waals surface area contributed by atoms with Crippen LogP contribution in [-0.4, -0.2) is 115 Å². The van der Waals surface area contributed by atoms with Gasteiger partial charge in [0.1, 0.15) is 12.8 Å². The Balaban J connectivity index is 1.04. The van der Waals surface area contributed by atoms with Gasteiger partial charge < -0.3 is 25.1 Å². The summed E-state index contributed by atoms with van der Waals surface area (Å²) in [6.45, 7) is 5.13. The molecule has 7 rings (SSSR count). The standard InChI is InChI=1S/C30H38N10O2S/c1-35-12-14-36(15-13-35)27(41)20-38-17-21(16-31-38)32-30-33-28-25(7-5-11-39(28)34-30)37-18-22-9-10-23(19-37)40(22)29(42)24-6-3-4-8-26(24)43-2/h3-8,11,16-17,22-23,29,42H,9-10,12-15,18-20H2,1-2H3,(H,32,34). The van der Waals surface area contributed by atoms with Crippen molar-refractivity contribution < 1.29 is 9.90 Å². The number of aromatic nitrogens is 5. The smallest absolute Gasteiger partial charge is 0.247 e. The van der Waals surface area contributed by atoms with Gasteiger partial charge in [0.15, 0.2) is 5.65 Å². The van der Waals surface area contributed by atoms with E-state index in [-0.39, 0.29) is 24.5 Å². The summed E-state index contributed by atoms with van der Waals surface area (Å²) in [6, 6.07) is 12.8. The van der Waals surface area contributed by atoms with Crippen molar-refractivity contribution in [2.75, 3.05) is 62.8 Å². The molecule has 2 bridgehead atoms. The summed E-state index contributed by atoms with van der Waals surface area (Å²) in [6.07, 6.45) is 8.99. The second-order valence-electron chi connectivity index (χ2n) is 11.7. The molecule has 3 aliphatic heterocycles. The van der Waals surface area contributed by atoms with E-state index in [2.05, 4.69) is 55.7 Å². The Morgan fingerprint density at radius 1 is 1.09 bits per heavy atom. The molecule has 0 radical (unpaired) electrons. The molecule has 3 saturated heterocycles. The van der Waals surface area contributed by atoms with Gasteiger partial charge in [-0.15, -0.1) is 16.9 Å². The van der Waals surface area contributed by atoms with Crippen LogP contribution in [0.25, 0.3) is 5.65 Å². The molecule has 1 aromatic carbocycles. The van der Waals surface area contributed by atoms with E-state index in [4.69, 9.17) is 4.98 Å². The zero-order valence-electron chi connectivity index (χ0n) is 24.6. The summed E-state index contributed by atoms with van der Waals surface area (Å²) in [4.78, 5) is 27.5. The van der Waals surface area contributed by atoms with E-state index in [1.807, 2.05) is 41.6 Å². The summed E-state index contributed by atoms with van der Waals surface area (Å²) >= 11 is 1.68. The Morgan fingerprint density at radius 2 is 1.86 bits per heavy atom. The van der Waals surface area contributed by atoms with Gasteiger partial charge in [0.25, 0.3) is 0 Å². The molecule has 3 unspecified atom stereocenters. The lowest BCUT2D eigenvalue weighted by atomic mass is 10.1. The number of amides is 1. The average Bonchev–Trinajstić information content (AvgIpc) is 3.72. The van der Waals surface area contributed by atoms with Crippen molar-refractivity contribution in [1.29, 1.82) is 0 Å². The average molecular weight is 603 g/mol. The minimum absolute atomic E-state index is 0.0771. The van der Waals surface area contributed by atoms with Crippen molar-refractivity contribution in [3.63, 3.8) is 0 Å². The molecule has 6 heterocycles. The lowest BCUT2D eigenvalue weighted by Crippen LogP contribution is -2.55. The van der Waals surface area contributed by atoms with E-state index >= 15 is 0 Å². The molecule has 226 valence electrons. The van der Waals surface area contributed by atoms with Gasteiger partial charge in [-0.25, -0.2) is 4.52 Å². The highest BCUT2D eigenvalue weighted by molar-refractivity contribution is 7.98. The fourth-order valence-electron chi connectivity index (χ4n) is 6.70. The van der Waals surface area contributed by atoms with Gasteiger partial charge in [0.2, 0.25) is 11.9 Å². The molecule has 12 nitrogen and oxygen atoms in total. The topological polar surface area (TPSA) is 110 Å². The van der Waals surface area contributed by atoms with Crippen molar-refractivity contribution >= 4 is 40.6 Å². The maximum atomic E-state index is 12.7. The number of hydrogen-bond donors (Lipinski definition) is 2. The molecule has 3 atom stereocenters. The fraction of sp³-hybridized carbons (Fsp3) is 0.467. The van der Waals surface area contributed by atoms with Crippen LogP contribution in [-0.2, 0) is 11.3 Å². The van der Waals surface area contributed by atoms with Gasteiger partial charge in [-0.05, 0) is 44.3 Å². The van der Waals surface area contributed by atoms with E-state index in [1.165, 1.54) is 0 Å². The molecule has 2 N–H and O–H groups in total. The number of thioether (sulfide) groups is 1. The van der Waals surface area contributed by atoms with Crippen LogP contribution in [0.15, 0.2) is 59.9 Å². The number of piperazine rings is 2. The SMILES string of the molecule is CSc1ccccc1C(O)N1C2CCC1CN(c1cccn3nc(Nc4cnn(CC(=O)N5CCN(C)CC5)c4)nc13)C2. The maximum Gasteiger partial charge on any atom is 0.247 e. The number of anilines is 3. The zero-order chi connectivity index (χ0) is 29.5. The molecule has 0 aliphatic carbocycles. The van der Waals surface area contributed by atoms with Crippen LogP contribution in [0.3, 0.4) is 0 Å². The molecule has 43 heavy (non-hydrogen) atoms. The van der Waals surface area contributed by atoms with E-state index in [0.29, 0.717) is 5.95 Å². The number of benzene rings is 1. The number of aliphatic hydroxyl groups excluding tert-OH is 1. The summed E-state index contributed by atoms with van der Waals surface area (Å²) in [5, 5.41) is 23.8. The van der Waals surface area contributed by atoms with Crippen LogP contribution >= 0.6 is 11.8 Å².